The fraction of sp³-hybridized carbons (Fsp3) is 0.600. The predicted octanol–water partition coefficient (Wildman–Crippen LogP) is 0.798. The van der Waals surface area contributed by atoms with Gasteiger partial charge in [-0.15, -0.1) is 0 Å². The molecule has 1 aromatic heterocycles. The Balaban J connectivity index is 2.53. The van der Waals surface area contributed by atoms with E-state index in [0.29, 0.717) is 18.3 Å². The molecule has 1 heterocycles. The average Bonchev–Trinajstić information content (AvgIpc) is 2.60. The van der Waals surface area contributed by atoms with Gasteiger partial charge in [0.1, 0.15) is 11.9 Å². The van der Waals surface area contributed by atoms with Gasteiger partial charge in [0.05, 0.1) is 6.33 Å². The molecule has 84 valence electrons. The summed E-state index contributed by atoms with van der Waals surface area (Å²) in [6.45, 7) is 6.62. The molecule has 0 bridgehead atoms. The molecule has 3 N–H and O–H groups in total. The van der Waals surface area contributed by atoms with Gasteiger partial charge in [-0.05, 0) is 12.8 Å². The molecule has 0 aliphatic carbocycles. The number of hydrogen-bond donors (Lipinski definition) is 2. The largest absolute Gasteiger partial charge is 0.382 e. The highest BCUT2D eigenvalue weighted by Crippen LogP contribution is 2.07. The van der Waals surface area contributed by atoms with Crippen molar-refractivity contribution in [1.82, 2.24) is 14.9 Å². The molecule has 15 heavy (non-hydrogen) atoms. The molecular formula is C10H18N4O. The second kappa shape index (κ2) is 4.82. The van der Waals surface area contributed by atoms with E-state index in [0.717, 1.165) is 0 Å². The van der Waals surface area contributed by atoms with Crippen LogP contribution in [0, 0.1) is 5.92 Å². The second-order valence-electron chi connectivity index (χ2n) is 4.06. The van der Waals surface area contributed by atoms with Crippen LogP contribution in [-0.4, -0.2) is 22.0 Å². The van der Waals surface area contributed by atoms with E-state index in [-0.39, 0.29) is 11.9 Å². The van der Waals surface area contributed by atoms with Crippen LogP contribution in [0.2, 0.25) is 0 Å². The molecule has 0 aliphatic rings. The summed E-state index contributed by atoms with van der Waals surface area (Å²) in [5, 5.41) is 2.86. The number of carbonyl (C=O) groups excluding carboxylic acids is 1. The Kier molecular flexibility index (Phi) is 3.71. The summed E-state index contributed by atoms with van der Waals surface area (Å²) in [7, 11) is 0. The number of hydrogen-bond acceptors (Lipinski definition) is 3. The van der Waals surface area contributed by atoms with Crippen molar-refractivity contribution in [3.8, 4) is 0 Å². The van der Waals surface area contributed by atoms with Crippen LogP contribution >= 0.6 is 0 Å². The van der Waals surface area contributed by atoms with Crippen molar-refractivity contribution in [2.45, 2.75) is 26.8 Å². The van der Waals surface area contributed by atoms with Crippen molar-refractivity contribution in [2.75, 3.05) is 12.3 Å². The molecule has 0 spiro atoms. The molecule has 0 fully saturated rings. The number of aromatic nitrogens is 2. The van der Waals surface area contributed by atoms with Crippen molar-refractivity contribution < 1.29 is 4.79 Å². The van der Waals surface area contributed by atoms with Gasteiger partial charge < -0.3 is 15.6 Å². The topological polar surface area (TPSA) is 72.9 Å². The molecule has 1 amide bonds. The van der Waals surface area contributed by atoms with Gasteiger partial charge in [-0.3, -0.25) is 4.79 Å². The molecule has 1 atom stereocenters. The third-order valence-electron chi connectivity index (χ3n) is 2.13. The van der Waals surface area contributed by atoms with Crippen molar-refractivity contribution in [1.29, 1.82) is 0 Å². The van der Waals surface area contributed by atoms with Gasteiger partial charge in [-0.25, -0.2) is 4.98 Å². The minimum atomic E-state index is -0.270. The number of amides is 1. The summed E-state index contributed by atoms with van der Waals surface area (Å²) < 4.78 is 1.70. The number of anilines is 1. The van der Waals surface area contributed by atoms with Crippen LogP contribution in [0.4, 0.5) is 5.82 Å². The third kappa shape index (κ3) is 3.27. The highest BCUT2D eigenvalue weighted by molar-refractivity contribution is 5.79. The summed E-state index contributed by atoms with van der Waals surface area (Å²) in [5.74, 6) is 0.869. The van der Waals surface area contributed by atoms with Crippen molar-refractivity contribution in [3.63, 3.8) is 0 Å². The molecule has 0 aliphatic heterocycles. The average molecular weight is 210 g/mol. The van der Waals surface area contributed by atoms with Gasteiger partial charge in [0.15, 0.2) is 0 Å². The van der Waals surface area contributed by atoms with Gasteiger partial charge in [-0.2, -0.15) is 0 Å². The fourth-order valence-electron chi connectivity index (χ4n) is 1.15. The first-order valence-corrected chi connectivity index (χ1v) is 5.07. The zero-order valence-electron chi connectivity index (χ0n) is 9.40. The number of rotatable bonds is 4. The molecule has 5 nitrogen and oxygen atoms in total. The highest BCUT2D eigenvalue weighted by Gasteiger charge is 2.14. The predicted molar refractivity (Wildman–Crippen MR) is 59.2 cm³/mol. The smallest absolute Gasteiger partial charge is 0.242 e. The van der Waals surface area contributed by atoms with Gasteiger partial charge >= 0.3 is 0 Å². The van der Waals surface area contributed by atoms with E-state index in [2.05, 4.69) is 24.1 Å². The molecule has 5 heteroatoms. The summed E-state index contributed by atoms with van der Waals surface area (Å²) in [6.07, 6.45) is 3.22. The van der Waals surface area contributed by atoms with E-state index in [1.165, 1.54) is 0 Å². The SMILES string of the molecule is CC(C)CNC(=O)C(C)n1cnc(N)c1. The van der Waals surface area contributed by atoms with E-state index in [9.17, 15) is 4.79 Å². The Morgan fingerprint density at radius 3 is 2.73 bits per heavy atom. The quantitative estimate of drug-likeness (QED) is 0.772. The third-order valence-corrected chi connectivity index (χ3v) is 2.13. The molecular weight excluding hydrogens is 192 g/mol. The minimum absolute atomic E-state index is 0.0129. The molecule has 0 saturated heterocycles. The maximum Gasteiger partial charge on any atom is 0.242 e. The molecule has 1 unspecified atom stereocenters. The number of imidazole rings is 1. The first kappa shape index (κ1) is 11.6. The Morgan fingerprint density at radius 2 is 2.27 bits per heavy atom. The van der Waals surface area contributed by atoms with E-state index < -0.39 is 0 Å². The molecule has 0 radical (unpaired) electrons. The normalized spacial score (nSPS) is 12.8. The van der Waals surface area contributed by atoms with Gasteiger partial charge in [-0.1, -0.05) is 13.8 Å². The summed E-state index contributed by atoms with van der Waals surface area (Å²) in [6, 6.07) is -0.270. The highest BCUT2D eigenvalue weighted by atomic mass is 16.2. The van der Waals surface area contributed by atoms with E-state index in [4.69, 9.17) is 5.73 Å². The molecule has 1 aromatic rings. The zero-order chi connectivity index (χ0) is 11.4. The van der Waals surface area contributed by atoms with Crippen LogP contribution in [0.15, 0.2) is 12.5 Å². The van der Waals surface area contributed by atoms with Crippen LogP contribution in [0.1, 0.15) is 26.8 Å². The number of nitrogens with zero attached hydrogens (tertiary/aromatic N) is 2. The minimum Gasteiger partial charge on any atom is -0.382 e. The summed E-state index contributed by atoms with van der Waals surface area (Å²) in [4.78, 5) is 15.5. The van der Waals surface area contributed by atoms with Crippen molar-refractivity contribution in [2.24, 2.45) is 5.92 Å². The second-order valence-corrected chi connectivity index (χ2v) is 4.06. The van der Waals surface area contributed by atoms with Gasteiger partial charge in [0, 0.05) is 12.7 Å². The maximum absolute atomic E-state index is 11.7. The number of carbonyl (C=O) groups is 1. The molecule has 0 saturated carbocycles. The lowest BCUT2D eigenvalue weighted by atomic mass is 10.2. The van der Waals surface area contributed by atoms with Gasteiger partial charge in [0.2, 0.25) is 5.91 Å². The lowest BCUT2D eigenvalue weighted by molar-refractivity contribution is -0.124. The lowest BCUT2D eigenvalue weighted by Crippen LogP contribution is -2.33. The van der Waals surface area contributed by atoms with Crippen LogP contribution in [-0.2, 0) is 4.79 Å². The molecule has 1 rings (SSSR count). The van der Waals surface area contributed by atoms with Gasteiger partial charge in [0.25, 0.3) is 0 Å². The van der Waals surface area contributed by atoms with Crippen LogP contribution in [0.3, 0.4) is 0 Å². The van der Waals surface area contributed by atoms with Crippen LogP contribution in [0.25, 0.3) is 0 Å². The van der Waals surface area contributed by atoms with Crippen molar-refractivity contribution >= 4 is 11.7 Å². The zero-order valence-corrected chi connectivity index (χ0v) is 9.40. The standard InChI is InChI=1S/C10H18N4O/c1-7(2)4-12-10(15)8(3)14-5-9(11)13-6-14/h5-8H,4,11H2,1-3H3,(H,12,15). The Hall–Kier alpha value is -1.52. The summed E-state index contributed by atoms with van der Waals surface area (Å²) >= 11 is 0. The molecule has 0 aromatic carbocycles. The fourth-order valence-corrected chi connectivity index (χ4v) is 1.15. The first-order chi connectivity index (χ1) is 7.00. The summed E-state index contributed by atoms with van der Waals surface area (Å²) in [5.41, 5.74) is 5.48. The monoisotopic (exact) mass is 210 g/mol. The van der Waals surface area contributed by atoms with Crippen LogP contribution < -0.4 is 11.1 Å². The number of nitrogens with one attached hydrogen (secondary N) is 1. The van der Waals surface area contributed by atoms with E-state index in [1.54, 1.807) is 17.1 Å². The van der Waals surface area contributed by atoms with E-state index in [1.807, 2.05) is 6.92 Å². The Labute approximate surface area is 89.7 Å². The lowest BCUT2D eigenvalue weighted by Gasteiger charge is -2.14. The number of nitrogen functional groups attached to an aromatic ring is 1. The number of nitrogens with two attached hydrogens (primary N) is 1. The Bertz CT molecular complexity index is 332. The van der Waals surface area contributed by atoms with Crippen molar-refractivity contribution in [3.05, 3.63) is 12.5 Å². The first-order valence-electron chi connectivity index (χ1n) is 5.07. The maximum atomic E-state index is 11.7. The Morgan fingerprint density at radius 1 is 1.60 bits per heavy atom. The van der Waals surface area contributed by atoms with Crippen LogP contribution in [0.5, 0.6) is 0 Å². The van der Waals surface area contributed by atoms with E-state index >= 15 is 0 Å².